The average molecular weight is 751 g/mol. The van der Waals surface area contributed by atoms with Crippen LogP contribution in [-0.4, -0.2) is 19.5 Å². The molecule has 58 heavy (non-hydrogen) atoms. The molecule has 10 aromatic rings. The van der Waals surface area contributed by atoms with Crippen molar-refractivity contribution in [2.45, 2.75) is 51.4 Å². The molecule has 1 aliphatic carbocycles. The molecule has 0 saturated carbocycles. The van der Waals surface area contributed by atoms with Crippen molar-refractivity contribution < 1.29 is 4.42 Å². The summed E-state index contributed by atoms with van der Waals surface area (Å²) in [4.78, 5) is 15.2. The summed E-state index contributed by atoms with van der Waals surface area (Å²) in [6, 6.07) is 55.8. The zero-order chi connectivity index (χ0) is 39.2. The SMILES string of the molecule is CC1(C)CCC(C)(C)c2cc3c(cc21)c1ccccc1n3-c1cccc(-c2cccc(-c3nc(-c4ccccc4)nc(-c4ccc5c(c4)oc4ccccc45)n3)c2)c1. The van der Waals surface area contributed by atoms with Gasteiger partial charge in [0.25, 0.3) is 0 Å². The number of furan rings is 1. The van der Waals surface area contributed by atoms with E-state index >= 15 is 0 Å². The lowest BCUT2D eigenvalue weighted by Gasteiger charge is -2.42. The molecule has 280 valence electrons. The number of benzene rings is 7. The quantitative estimate of drug-likeness (QED) is 0.176. The maximum absolute atomic E-state index is 6.26. The highest BCUT2D eigenvalue weighted by Gasteiger charge is 2.38. The Balaban J connectivity index is 1.04. The van der Waals surface area contributed by atoms with E-state index in [1.165, 1.54) is 45.8 Å². The summed E-state index contributed by atoms with van der Waals surface area (Å²) < 4.78 is 8.72. The summed E-state index contributed by atoms with van der Waals surface area (Å²) in [5.74, 6) is 1.83. The molecule has 3 aromatic heterocycles. The van der Waals surface area contributed by atoms with Crippen LogP contribution in [0.25, 0.3) is 94.7 Å². The number of aromatic nitrogens is 4. The van der Waals surface area contributed by atoms with Gasteiger partial charge in [-0.1, -0.05) is 131 Å². The monoisotopic (exact) mass is 750 g/mol. The van der Waals surface area contributed by atoms with Crippen LogP contribution in [-0.2, 0) is 10.8 Å². The molecule has 7 aromatic carbocycles. The lowest BCUT2D eigenvalue weighted by atomic mass is 9.63. The number of para-hydroxylation sites is 2. The van der Waals surface area contributed by atoms with Gasteiger partial charge in [0.2, 0.25) is 0 Å². The molecule has 0 atom stereocenters. The van der Waals surface area contributed by atoms with Gasteiger partial charge in [0.05, 0.1) is 11.0 Å². The van der Waals surface area contributed by atoms with Crippen molar-refractivity contribution in [2.24, 2.45) is 0 Å². The number of rotatable bonds is 5. The minimum atomic E-state index is 0.109. The highest BCUT2D eigenvalue weighted by Crippen LogP contribution is 2.48. The van der Waals surface area contributed by atoms with Crippen LogP contribution in [0.15, 0.2) is 162 Å². The molecule has 5 heteroatoms. The summed E-state index contributed by atoms with van der Waals surface area (Å²) in [6.07, 6.45) is 2.37. The summed E-state index contributed by atoms with van der Waals surface area (Å²) >= 11 is 0. The Labute approximate surface area is 337 Å². The van der Waals surface area contributed by atoms with Crippen LogP contribution < -0.4 is 0 Å². The Kier molecular flexibility index (Phi) is 7.61. The van der Waals surface area contributed by atoms with Crippen LogP contribution in [0.3, 0.4) is 0 Å². The van der Waals surface area contributed by atoms with Crippen molar-refractivity contribution in [2.75, 3.05) is 0 Å². The van der Waals surface area contributed by atoms with E-state index in [1.54, 1.807) is 0 Å². The van der Waals surface area contributed by atoms with E-state index in [9.17, 15) is 0 Å². The Morgan fingerprint density at radius 3 is 1.76 bits per heavy atom. The number of fused-ring (bicyclic) bond motifs is 7. The van der Waals surface area contributed by atoms with Gasteiger partial charge in [0.1, 0.15) is 11.2 Å². The molecule has 0 radical (unpaired) electrons. The second-order valence-corrected chi connectivity index (χ2v) is 17.1. The van der Waals surface area contributed by atoms with Gasteiger partial charge in [-0.25, -0.2) is 15.0 Å². The van der Waals surface area contributed by atoms with Crippen LogP contribution in [0.5, 0.6) is 0 Å². The third-order valence-corrected chi connectivity index (χ3v) is 12.5. The van der Waals surface area contributed by atoms with Gasteiger partial charge in [0, 0.05) is 43.9 Å². The van der Waals surface area contributed by atoms with Crippen LogP contribution in [0.1, 0.15) is 51.7 Å². The fourth-order valence-electron chi connectivity index (χ4n) is 9.19. The molecule has 3 heterocycles. The summed E-state index contributed by atoms with van der Waals surface area (Å²) in [5.41, 5.74) is 13.4. The van der Waals surface area contributed by atoms with Gasteiger partial charge in [-0.05, 0) is 101 Å². The normalized spacial score (nSPS) is 14.7. The number of hydrogen-bond acceptors (Lipinski definition) is 4. The molecule has 0 saturated heterocycles. The van der Waals surface area contributed by atoms with Gasteiger partial charge >= 0.3 is 0 Å². The third kappa shape index (κ3) is 5.56. The van der Waals surface area contributed by atoms with Crippen molar-refractivity contribution in [1.82, 2.24) is 19.5 Å². The van der Waals surface area contributed by atoms with Gasteiger partial charge < -0.3 is 8.98 Å². The minimum Gasteiger partial charge on any atom is -0.456 e. The maximum atomic E-state index is 6.26. The first kappa shape index (κ1) is 34.4. The number of nitrogens with zero attached hydrogens (tertiary/aromatic N) is 4. The molecule has 0 fully saturated rings. The Morgan fingerprint density at radius 2 is 0.983 bits per heavy atom. The van der Waals surface area contributed by atoms with Gasteiger partial charge in [-0.2, -0.15) is 0 Å². The fourth-order valence-corrected chi connectivity index (χ4v) is 9.19. The second kappa shape index (κ2) is 12.8. The molecular weight excluding hydrogens is 709 g/mol. The van der Waals surface area contributed by atoms with Gasteiger partial charge in [-0.3, -0.25) is 0 Å². The number of hydrogen-bond donors (Lipinski definition) is 0. The molecular formula is C53H42N4O. The zero-order valence-electron chi connectivity index (χ0n) is 33.1. The van der Waals surface area contributed by atoms with Crippen LogP contribution in [0.4, 0.5) is 0 Å². The predicted octanol–water partition coefficient (Wildman–Crippen LogP) is 13.9. The molecule has 0 amide bonds. The van der Waals surface area contributed by atoms with Crippen molar-refractivity contribution in [3.63, 3.8) is 0 Å². The molecule has 0 aliphatic heterocycles. The first-order chi connectivity index (χ1) is 28.2. The van der Waals surface area contributed by atoms with Crippen molar-refractivity contribution >= 4 is 43.7 Å². The van der Waals surface area contributed by atoms with E-state index in [0.29, 0.717) is 17.5 Å². The van der Waals surface area contributed by atoms with Crippen molar-refractivity contribution in [3.05, 3.63) is 169 Å². The van der Waals surface area contributed by atoms with E-state index in [4.69, 9.17) is 19.4 Å². The van der Waals surface area contributed by atoms with E-state index in [1.807, 2.05) is 54.6 Å². The zero-order valence-corrected chi connectivity index (χ0v) is 33.1. The predicted molar refractivity (Wildman–Crippen MR) is 238 cm³/mol. The molecule has 0 bridgehead atoms. The van der Waals surface area contributed by atoms with E-state index in [-0.39, 0.29) is 10.8 Å². The lowest BCUT2D eigenvalue weighted by molar-refractivity contribution is 0.332. The standard InChI is InChI=1S/C53H42N4O/c1-52(2)26-27-53(3,4)44-32-46-42(31-43(44)52)39-20-8-10-22-45(39)57(46)38-19-13-17-35(29-38)34-16-12-18-36(28-34)50-54-49(33-14-6-5-7-15-33)55-51(56-50)37-24-25-41-40-21-9-11-23-47(40)58-48(41)30-37/h5-25,28-32H,26-27H2,1-4H3. The van der Waals surface area contributed by atoms with Crippen molar-refractivity contribution in [1.29, 1.82) is 0 Å². The van der Waals surface area contributed by atoms with Gasteiger partial charge in [-0.15, -0.1) is 0 Å². The highest BCUT2D eigenvalue weighted by molar-refractivity contribution is 6.10. The summed E-state index contributed by atoms with van der Waals surface area (Å²) in [5, 5.41) is 4.76. The van der Waals surface area contributed by atoms with Gasteiger partial charge in [0.15, 0.2) is 17.5 Å². The topological polar surface area (TPSA) is 56.7 Å². The Hall–Kier alpha value is -6.85. The minimum absolute atomic E-state index is 0.109. The lowest BCUT2D eigenvalue weighted by Crippen LogP contribution is -2.33. The third-order valence-electron chi connectivity index (χ3n) is 12.5. The molecule has 0 unspecified atom stereocenters. The smallest absolute Gasteiger partial charge is 0.164 e. The van der Waals surface area contributed by atoms with E-state index < -0.39 is 0 Å². The molecule has 5 nitrogen and oxygen atoms in total. The average Bonchev–Trinajstić information content (AvgIpc) is 3.80. The first-order valence-electron chi connectivity index (χ1n) is 20.2. The Morgan fingerprint density at radius 1 is 0.414 bits per heavy atom. The van der Waals surface area contributed by atoms with E-state index in [2.05, 4.69) is 135 Å². The van der Waals surface area contributed by atoms with E-state index in [0.717, 1.165) is 55.4 Å². The van der Waals surface area contributed by atoms with Crippen molar-refractivity contribution in [3.8, 4) is 51.0 Å². The Bertz CT molecular complexity index is 3240. The molecule has 11 rings (SSSR count). The highest BCUT2D eigenvalue weighted by atomic mass is 16.3. The first-order valence-corrected chi connectivity index (χ1v) is 20.2. The maximum Gasteiger partial charge on any atom is 0.164 e. The molecule has 0 N–H and O–H groups in total. The van der Waals surface area contributed by atoms with Crippen LogP contribution in [0.2, 0.25) is 0 Å². The summed E-state index contributed by atoms with van der Waals surface area (Å²) in [7, 11) is 0. The van der Waals surface area contributed by atoms with Crippen LogP contribution in [0, 0.1) is 0 Å². The fraction of sp³-hybridized carbons (Fsp3) is 0.151. The summed E-state index contributed by atoms with van der Waals surface area (Å²) in [6.45, 7) is 9.63. The molecule has 0 spiro atoms. The molecule has 1 aliphatic rings. The second-order valence-electron chi connectivity index (χ2n) is 17.1. The van der Waals surface area contributed by atoms with Crippen LogP contribution >= 0.6 is 0 Å². The largest absolute Gasteiger partial charge is 0.456 e.